The van der Waals surface area contributed by atoms with Crippen LogP contribution in [0.1, 0.15) is 43.7 Å². The number of carbonyl (C=O) groups is 2. The Morgan fingerprint density at radius 2 is 2.05 bits per heavy atom. The average Bonchev–Trinajstić information content (AvgIpc) is 2.49. The SMILES string of the molecule is CCC1CCCCN1C(=O)C(=O)Nc1c(C)cc(C)cc1Cl. The first-order chi connectivity index (χ1) is 10.4. The van der Waals surface area contributed by atoms with Crippen LogP contribution in [0.25, 0.3) is 0 Å². The fourth-order valence-electron chi connectivity index (χ4n) is 3.06. The van der Waals surface area contributed by atoms with E-state index in [1.165, 1.54) is 0 Å². The van der Waals surface area contributed by atoms with Crippen LogP contribution in [0.3, 0.4) is 0 Å². The summed E-state index contributed by atoms with van der Waals surface area (Å²) in [5.41, 5.74) is 2.40. The van der Waals surface area contributed by atoms with Crippen LogP contribution in [0.2, 0.25) is 5.02 Å². The van der Waals surface area contributed by atoms with Gasteiger partial charge < -0.3 is 10.2 Å². The third-order valence-corrected chi connectivity index (χ3v) is 4.52. The lowest BCUT2D eigenvalue weighted by molar-refractivity contribution is -0.145. The van der Waals surface area contributed by atoms with E-state index in [0.29, 0.717) is 17.3 Å². The molecule has 1 unspecified atom stereocenters. The third kappa shape index (κ3) is 3.61. The van der Waals surface area contributed by atoms with Crippen molar-refractivity contribution in [2.75, 3.05) is 11.9 Å². The molecule has 1 saturated heterocycles. The Labute approximate surface area is 136 Å². The molecule has 1 aliphatic rings. The third-order valence-electron chi connectivity index (χ3n) is 4.22. The van der Waals surface area contributed by atoms with Crippen molar-refractivity contribution in [1.29, 1.82) is 0 Å². The molecule has 1 N–H and O–H groups in total. The molecule has 0 saturated carbocycles. The maximum absolute atomic E-state index is 12.4. The minimum absolute atomic E-state index is 0.168. The number of piperidine rings is 1. The van der Waals surface area contributed by atoms with Gasteiger partial charge in [0.05, 0.1) is 10.7 Å². The number of aryl methyl sites for hydroxylation is 2. The van der Waals surface area contributed by atoms with Gasteiger partial charge in [-0.05, 0) is 56.7 Å². The molecule has 1 aromatic rings. The summed E-state index contributed by atoms with van der Waals surface area (Å²) in [6, 6.07) is 3.88. The highest BCUT2D eigenvalue weighted by atomic mass is 35.5. The Kier molecular flexibility index (Phi) is 5.46. The number of carbonyl (C=O) groups excluding carboxylic acids is 2. The second kappa shape index (κ2) is 7.14. The first-order valence-corrected chi connectivity index (χ1v) is 8.20. The highest BCUT2D eigenvalue weighted by Crippen LogP contribution is 2.27. The summed E-state index contributed by atoms with van der Waals surface area (Å²) in [5, 5.41) is 3.15. The minimum atomic E-state index is -0.603. The van der Waals surface area contributed by atoms with Gasteiger partial charge in [-0.15, -0.1) is 0 Å². The highest BCUT2D eigenvalue weighted by Gasteiger charge is 2.30. The zero-order valence-corrected chi connectivity index (χ0v) is 14.2. The van der Waals surface area contributed by atoms with E-state index in [-0.39, 0.29) is 6.04 Å². The molecule has 2 rings (SSSR count). The summed E-state index contributed by atoms with van der Waals surface area (Å²) in [7, 11) is 0. The maximum Gasteiger partial charge on any atom is 0.313 e. The second-order valence-corrected chi connectivity index (χ2v) is 6.36. The van der Waals surface area contributed by atoms with Gasteiger partial charge in [-0.1, -0.05) is 24.6 Å². The van der Waals surface area contributed by atoms with E-state index < -0.39 is 11.8 Å². The van der Waals surface area contributed by atoms with E-state index in [4.69, 9.17) is 11.6 Å². The van der Waals surface area contributed by atoms with Crippen LogP contribution in [0.15, 0.2) is 12.1 Å². The summed E-state index contributed by atoms with van der Waals surface area (Å²) < 4.78 is 0. The van der Waals surface area contributed by atoms with Crippen LogP contribution in [-0.4, -0.2) is 29.3 Å². The van der Waals surface area contributed by atoms with Crippen molar-refractivity contribution in [3.63, 3.8) is 0 Å². The van der Waals surface area contributed by atoms with Gasteiger partial charge in [0.15, 0.2) is 0 Å². The van der Waals surface area contributed by atoms with E-state index in [1.54, 1.807) is 11.0 Å². The summed E-state index contributed by atoms with van der Waals surface area (Å²) in [6.45, 7) is 6.52. The van der Waals surface area contributed by atoms with Gasteiger partial charge in [-0.3, -0.25) is 9.59 Å². The molecule has 0 bridgehead atoms. The monoisotopic (exact) mass is 322 g/mol. The lowest BCUT2D eigenvalue weighted by atomic mass is 10.00. The number of amides is 2. The quantitative estimate of drug-likeness (QED) is 0.844. The summed E-state index contributed by atoms with van der Waals surface area (Å²) in [4.78, 5) is 26.4. The van der Waals surface area contributed by atoms with Gasteiger partial charge in [-0.25, -0.2) is 0 Å². The number of hydrogen-bond acceptors (Lipinski definition) is 2. The molecule has 1 atom stereocenters. The fourth-order valence-corrected chi connectivity index (χ4v) is 3.43. The molecular weight excluding hydrogens is 300 g/mol. The van der Waals surface area contributed by atoms with Crippen LogP contribution >= 0.6 is 11.6 Å². The van der Waals surface area contributed by atoms with Gasteiger partial charge in [0.25, 0.3) is 0 Å². The Morgan fingerprint density at radius 3 is 2.68 bits per heavy atom. The molecule has 0 aromatic heterocycles. The molecular formula is C17H23ClN2O2. The van der Waals surface area contributed by atoms with E-state index in [2.05, 4.69) is 12.2 Å². The van der Waals surface area contributed by atoms with E-state index in [9.17, 15) is 9.59 Å². The van der Waals surface area contributed by atoms with Crippen molar-refractivity contribution in [1.82, 2.24) is 4.90 Å². The van der Waals surface area contributed by atoms with Crippen molar-refractivity contribution in [3.8, 4) is 0 Å². The zero-order valence-electron chi connectivity index (χ0n) is 13.4. The molecule has 1 aliphatic heterocycles. The lowest BCUT2D eigenvalue weighted by Gasteiger charge is -2.34. The molecule has 5 heteroatoms. The fraction of sp³-hybridized carbons (Fsp3) is 0.529. The van der Waals surface area contributed by atoms with Crippen LogP contribution < -0.4 is 5.32 Å². The Morgan fingerprint density at radius 1 is 1.32 bits per heavy atom. The standard InChI is InChI=1S/C17H23ClN2O2/c1-4-13-7-5-6-8-20(13)17(22)16(21)19-15-12(3)9-11(2)10-14(15)18/h9-10,13H,4-8H2,1-3H3,(H,19,21). The Bertz CT molecular complexity index is 563. The van der Waals surface area contributed by atoms with Gasteiger partial charge >= 0.3 is 11.8 Å². The normalized spacial score (nSPS) is 18.2. The first kappa shape index (κ1) is 16.8. The predicted molar refractivity (Wildman–Crippen MR) is 89.2 cm³/mol. The van der Waals surface area contributed by atoms with Crippen LogP contribution in [0.4, 0.5) is 5.69 Å². The Hall–Kier alpha value is -1.55. The van der Waals surface area contributed by atoms with Gasteiger partial charge in [-0.2, -0.15) is 0 Å². The summed E-state index contributed by atoms with van der Waals surface area (Å²) >= 11 is 6.19. The summed E-state index contributed by atoms with van der Waals surface area (Å²) in [5.74, 6) is -1.06. The molecule has 4 nitrogen and oxygen atoms in total. The lowest BCUT2D eigenvalue weighted by Crippen LogP contribution is -2.48. The first-order valence-electron chi connectivity index (χ1n) is 7.82. The molecule has 1 heterocycles. The van der Waals surface area contributed by atoms with E-state index >= 15 is 0 Å². The number of rotatable bonds is 2. The molecule has 22 heavy (non-hydrogen) atoms. The number of benzene rings is 1. The topological polar surface area (TPSA) is 49.4 Å². The van der Waals surface area contributed by atoms with Crippen LogP contribution in [0, 0.1) is 13.8 Å². The van der Waals surface area contributed by atoms with Gasteiger partial charge in [0, 0.05) is 12.6 Å². The van der Waals surface area contributed by atoms with Crippen molar-refractivity contribution < 1.29 is 9.59 Å². The maximum atomic E-state index is 12.4. The molecule has 0 aliphatic carbocycles. The summed E-state index contributed by atoms with van der Waals surface area (Å²) in [6.07, 6.45) is 3.93. The molecule has 1 fully saturated rings. The number of nitrogens with one attached hydrogen (secondary N) is 1. The highest BCUT2D eigenvalue weighted by molar-refractivity contribution is 6.41. The number of hydrogen-bond donors (Lipinski definition) is 1. The predicted octanol–water partition coefficient (Wildman–Crippen LogP) is 3.69. The molecule has 120 valence electrons. The largest absolute Gasteiger partial charge is 0.331 e. The van der Waals surface area contributed by atoms with Crippen molar-refractivity contribution in [3.05, 3.63) is 28.3 Å². The molecule has 0 radical (unpaired) electrons. The molecule has 2 amide bonds. The van der Waals surface area contributed by atoms with E-state index in [0.717, 1.165) is 36.8 Å². The zero-order chi connectivity index (χ0) is 16.3. The smallest absolute Gasteiger partial charge is 0.313 e. The van der Waals surface area contributed by atoms with Gasteiger partial charge in [0.2, 0.25) is 0 Å². The molecule has 1 aromatic carbocycles. The number of halogens is 1. The average molecular weight is 323 g/mol. The second-order valence-electron chi connectivity index (χ2n) is 5.95. The van der Waals surface area contributed by atoms with Crippen LogP contribution in [-0.2, 0) is 9.59 Å². The number of likely N-dealkylation sites (tertiary alicyclic amines) is 1. The Balaban J connectivity index is 2.13. The van der Waals surface area contributed by atoms with Crippen molar-refractivity contribution >= 4 is 29.1 Å². The molecule has 0 spiro atoms. The van der Waals surface area contributed by atoms with Crippen LogP contribution in [0.5, 0.6) is 0 Å². The minimum Gasteiger partial charge on any atom is -0.331 e. The van der Waals surface area contributed by atoms with E-state index in [1.807, 2.05) is 19.9 Å². The van der Waals surface area contributed by atoms with Crippen molar-refractivity contribution in [2.24, 2.45) is 0 Å². The number of nitrogens with zero attached hydrogens (tertiary/aromatic N) is 1. The van der Waals surface area contributed by atoms with Crippen molar-refractivity contribution in [2.45, 2.75) is 52.5 Å². The number of anilines is 1. The van der Waals surface area contributed by atoms with Gasteiger partial charge in [0.1, 0.15) is 0 Å².